The highest BCUT2D eigenvalue weighted by Crippen LogP contribution is 2.17. The molecular weight excluding hydrogens is 220 g/mol. The van der Waals surface area contributed by atoms with Crippen LogP contribution in [0.15, 0.2) is 60.7 Å². The van der Waals surface area contributed by atoms with Gasteiger partial charge in [0.1, 0.15) is 0 Å². The lowest BCUT2D eigenvalue weighted by Gasteiger charge is -2.13. The minimum Gasteiger partial charge on any atom is -0.300 e. The van der Waals surface area contributed by atoms with Crippen molar-refractivity contribution in [1.29, 1.82) is 0 Å². The second-order valence-electron chi connectivity index (χ2n) is 4.78. The van der Waals surface area contributed by atoms with E-state index in [1.807, 2.05) is 0 Å². The van der Waals surface area contributed by atoms with Crippen molar-refractivity contribution in [2.45, 2.75) is 18.6 Å². The van der Waals surface area contributed by atoms with Crippen LogP contribution >= 0.6 is 0 Å². The average Bonchev–Trinajstić information content (AvgIpc) is 2.89. The quantitative estimate of drug-likeness (QED) is 0.858. The normalized spacial score (nSPS) is 23.1. The Hall–Kier alpha value is -1.64. The number of nitrogens with one attached hydrogen (secondary N) is 2. The summed E-state index contributed by atoms with van der Waals surface area (Å²) in [6, 6.07) is 21.7. The Labute approximate surface area is 108 Å². The lowest BCUT2D eigenvalue weighted by atomic mass is 10.1. The van der Waals surface area contributed by atoms with Crippen LogP contribution in [0.4, 0.5) is 0 Å². The standard InChI is InChI=1S/C16H18N2/c1-3-7-13(8-4-1)11-16-17-12-15(18-16)14-9-5-2-6-10-14/h1-10,15-18H,11-12H2. The Bertz CT molecular complexity index is 481. The molecule has 1 heterocycles. The smallest absolute Gasteiger partial charge is 0.0618 e. The van der Waals surface area contributed by atoms with Gasteiger partial charge in [0.25, 0.3) is 0 Å². The van der Waals surface area contributed by atoms with Crippen molar-refractivity contribution in [2.24, 2.45) is 0 Å². The van der Waals surface area contributed by atoms with Crippen molar-refractivity contribution in [3.8, 4) is 0 Å². The van der Waals surface area contributed by atoms with E-state index in [-0.39, 0.29) is 0 Å². The highest BCUT2D eigenvalue weighted by Gasteiger charge is 2.23. The first kappa shape index (κ1) is 11.5. The average molecular weight is 238 g/mol. The summed E-state index contributed by atoms with van der Waals surface area (Å²) in [5.74, 6) is 0. The van der Waals surface area contributed by atoms with E-state index < -0.39 is 0 Å². The van der Waals surface area contributed by atoms with E-state index in [1.54, 1.807) is 0 Å². The highest BCUT2D eigenvalue weighted by atomic mass is 15.2. The Morgan fingerprint density at radius 1 is 0.889 bits per heavy atom. The molecule has 92 valence electrons. The van der Waals surface area contributed by atoms with Gasteiger partial charge < -0.3 is 0 Å². The second-order valence-corrected chi connectivity index (χ2v) is 4.78. The van der Waals surface area contributed by atoms with Crippen LogP contribution in [-0.2, 0) is 6.42 Å². The summed E-state index contributed by atoms with van der Waals surface area (Å²) in [4.78, 5) is 0. The molecule has 3 rings (SSSR count). The Morgan fingerprint density at radius 3 is 2.28 bits per heavy atom. The minimum absolute atomic E-state index is 0.373. The first-order valence-corrected chi connectivity index (χ1v) is 6.50. The molecule has 1 saturated heterocycles. The number of rotatable bonds is 3. The van der Waals surface area contributed by atoms with Gasteiger partial charge in [-0.3, -0.25) is 10.6 Å². The molecule has 18 heavy (non-hydrogen) atoms. The van der Waals surface area contributed by atoms with E-state index in [0.29, 0.717) is 12.2 Å². The van der Waals surface area contributed by atoms with Crippen LogP contribution in [0.5, 0.6) is 0 Å². The van der Waals surface area contributed by atoms with Crippen LogP contribution in [0.2, 0.25) is 0 Å². The molecule has 1 aliphatic rings. The zero-order chi connectivity index (χ0) is 12.2. The molecule has 0 aromatic heterocycles. The van der Waals surface area contributed by atoms with Crippen molar-refractivity contribution >= 4 is 0 Å². The summed E-state index contributed by atoms with van der Waals surface area (Å²) >= 11 is 0. The summed E-state index contributed by atoms with van der Waals surface area (Å²) in [5, 5.41) is 7.19. The lowest BCUT2D eigenvalue weighted by Crippen LogP contribution is -2.33. The summed E-state index contributed by atoms with van der Waals surface area (Å²) in [6.45, 7) is 1.00. The fourth-order valence-corrected chi connectivity index (χ4v) is 2.50. The monoisotopic (exact) mass is 238 g/mol. The zero-order valence-corrected chi connectivity index (χ0v) is 10.3. The van der Waals surface area contributed by atoms with Gasteiger partial charge in [-0.1, -0.05) is 60.7 Å². The third-order valence-corrected chi connectivity index (χ3v) is 3.46. The molecule has 0 radical (unpaired) electrons. The van der Waals surface area contributed by atoms with E-state index in [1.165, 1.54) is 11.1 Å². The molecule has 2 atom stereocenters. The molecule has 1 fully saturated rings. The number of benzene rings is 2. The fraction of sp³-hybridized carbons (Fsp3) is 0.250. The summed E-state index contributed by atoms with van der Waals surface area (Å²) < 4.78 is 0. The van der Waals surface area contributed by atoms with Crippen LogP contribution in [-0.4, -0.2) is 12.7 Å². The van der Waals surface area contributed by atoms with Crippen LogP contribution in [0.1, 0.15) is 17.2 Å². The number of hydrogen-bond donors (Lipinski definition) is 2. The van der Waals surface area contributed by atoms with Gasteiger partial charge in [-0.15, -0.1) is 0 Å². The topological polar surface area (TPSA) is 24.1 Å². The van der Waals surface area contributed by atoms with Gasteiger partial charge in [0, 0.05) is 19.0 Å². The molecule has 2 aromatic rings. The molecule has 0 spiro atoms. The molecular formula is C16H18N2. The zero-order valence-electron chi connectivity index (χ0n) is 10.3. The van der Waals surface area contributed by atoms with Gasteiger partial charge in [-0.25, -0.2) is 0 Å². The maximum absolute atomic E-state index is 3.64. The van der Waals surface area contributed by atoms with E-state index in [9.17, 15) is 0 Å². The Kier molecular flexibility index (Phi) is 3.40. The maximum atomic E-state index is 3.64. The van der Waals surface area contributed by atoms with Gasteiger partial charge in [-0.05, 0) is 11.1 Å². The van der Waals surface area contributed by atoms with Crippen LogP contribution in [0.3, 0.4) is 0 Å². The van der Waals surface area contributed by atoms with Gasteiger partial charge in [0.15, 0.2) is 0 Å². The third kappa shape index (κ3) is 2.61. The van der Waals surface area contributed by atoms with Crippen LogP contribution in [0.25, 0.3) is 0 Å². The molecule has 2 nitrogen and oxygen atoms in total. The van der Waals surface area contributed by atoms with E-state index in [4.69, 9.17) is 0 Å². The SMILES string of the molecule is c1ccc(CC2NCC(c3ccccc3)N2)cc1. The van der Waals surface area contributed by atoms with E-state index >= 15 is 0 Å². The van der Waals surface area contributed by atoms with Gasteiger partial charge in [0.05, 0.1) is 6.17 Å². The van der Waals surface area contributed by atoms with Crippen molar-refractivity contribution < 1.29 is 0 Å². The fourth-order valence-electron chi connectivity index (χ4n) is 2.50. The molecule has 1 aliphatic heterocycles. The summed E-state index contributed by atoms with van der Waals surface area (Å²) in [6.07, 6.45) is 1.40. The molecule has 0 amide bonds. The van der Waals surface area contributed by atoms with E-state index in [2.05, 4.69) is 71.3 Å². The summed E-state index contributed by atoms with van der Waals surface area (Å²) in [7, 11) is 0. The largest absolute Gasteiger partial charge is 0.300 e. The predicted octanol–water partition coefficient (Wildman–Crippen LogP) is 2.49. The molecule has 2 N–H and O–H groups in total. The summed E-state index contributed by atoms with van der Waals surface area (Å²) in [5.41, 5.74) is 2.73. The van der Waals surface area contributed by atoms with E-state index in [0.717, 1.165) is 13.0 Å². The first-order valence-electron chi connectivity index (χ1n) is 6.50. The van der Waals surface area contributed by atoms with Gasteiger partial charge in [0.2, 0.25) is 0 Å². The molecule has 0 saturated carbocycles. The van der Waals surface area contributed by atoms with Crippen molar-refractivity contribution in [3.63, 3.8) is 0 Å². The van der Waals surface area contributed by atoms with Crippen molar-refractivity contribution in [2.75, 3.05) is 6.54 Å². The molecule has 0 bridgehead atoms. The molecule has 2 unspecified atom stereocenters. The minimum atomic E-state index is 0.373. The third-order valence-electron chi connectivity index (χ3n) is 3.46. The molecule has 2 heteroatoms. The van der Waals surface area contributed by atoms with Crippen LogP contribution in [0, 0.1) is 0 Å². The lowest BCUT2D eigenvalue weighted by molar-refractivity contribution is 0.525. The van der Waals surface area contributed by atoms with Crippen molar-refractivity contribution in [1.82, 2.24) is 10.6 Å². The Balaban J connectivity index is 1.62. The maximum Gasteiger partial charge on any atom is 0.0618 e. The van der Waals surface area contributed by atoms with Gasteiger partial charge >= 0.3 is 0 Å². The van der Waals surface area contributed by atoms with Crippen LogP contribution < -0.4 is 10.6 Å². The van der Waals surface area contributed by atoms with Gasteiger partial charge in [-0.2, -0.15) is 0 Å². The predicted molar refractivity (Wildman–Crippen MR) is 74.3 cm³/mol. The number of hydrogen-bond acceptors (Lipinski definition) is 2. The van der Waals surface area contributed by atoms with Crippen molar-refractivity contribution in [3.05, 3.63) is 71.8 Å². The molecule has 2 aromatic carbocycles. The Morgan fingerprint density at radius 2 is 1.56 bits per heavy atom. The first-order chi connectivity index (χ1) is 8.92. The molecule has 0 aliphatic carbocycles. The second kappa shape index (κ2) is 5.34. The highest BCUT2D eigenvalue weighted by molar-refractivity contribution is 5.22.